The Balaban J connectivity index is 2.96. The minimum absolute atomic E-state index is 0.0989. The number of alkyl halides is 1. The van der Waals surface area contributed by atoms with Crippen LogP contribution in [0.1, 0.15) is 18.5 Å². The topological polar surface area (TPSA) is 58.0 Å². The van der Waals surface area contributed by atoms with Crippen LogP contribution < -0.4 is 4.74 Å². The van der Waals surface area contributed by atoms with Crippen LogP contribution in [-0.4, -0.2) is 11.9 Å². The molecular formula is C10H12BrN3O. The predicted octanol–water partition coefficient (Wildman–Crippen LogP) is 3.83. The summed E-state index contributed by atoms with van der Waals surface area (Å²) in [6.45, 7) is 1.95. The maximum atomic E-state index is 8.46. The Labute approximate surface area is 97.0 Å². The lowest BCUT2D eigenvalue weighted by atomic mass is 10.1. The van der Waals surface area contributed by atoms with E-state index in [1.807, 2.05) is 31.2 Å². The predicted molar refractivity (Wildman–Crippen MR) is 63.3 cm³/mol. The van der Waals surface area contributed by atoms with E-state index in [1.54, 1.807) is 7.11 Å². The Morgan fingerprint density at radius 3 is 2.40 bits per heavy atom. The highest BCUT2D eigenvalue weighted by Gasteiger charge is 2.14. The molecule has 0 spiro atoms. The van der Waals surface area contributed by atoms with E-state index in [9.17, 15) is 0 Å². The average molecular weight is 270 g/mol. The van der Waals surface area contributed by atoms with Crippen LogP contribution in [0.15, 0.2) is 29.4 Å². The number of benzene rings is 1. The van der Waals surface area contributed by atoms with E-state index in [0.717, 1.165) is 11.3 Å². The number of halogens is 1. The van der Waals surface area contributed by atoms with Crippen molar-refractivity contribution in [1.29, 1.82) is 0 Å². The zero-order chi connectivity index (χ0) is 11.3. The van der Waals surface area contributed by atoms with Crippen molar-refractivity contribution in [3.05, 3.63) is 40.3 Å². The molecular weight excluding hydrogens is 258 g/mol. The van der Waals surface area contributed by atoms with Gasteiger partial charge in [0.25, 0.3) is 0 Å². The molecule has 0 aliphatic rings. The van der Waals surface area contributed by atoms with Gasteiger partial charge < -0.3 is 4.74 Å². The molecule has 0 radical (unpaired) electrons. The van der Waals surface area contributed by atoms with Gasteiger partial charge in [0, 0.05) is 9.74 Å². The van der Waals surface area contributed by atoms with Crippen LogP contribution in [0, 0.1) is 0 Å². The molecule has 1 aromatic carbocycles. The molecule has 0 fully saturated rings. The number of nitrogens with zero attached hydrogens (tertiary/aromatic N) is 3. The van der Waals surface area contributed by atoms with Crippen LogP contribution in [0.4, 0.5) is 0 Å². The molecule has 15 heavy (non-hydrogen) atoms. The fraction of sp³-hybridized carbons (Fsp3) is 0.400. The van der Waals surface area contributed by atoms with E-state index < -0.39 is 0 Å². The molecule has 0 aliphatic carbocycles. The first-order valence-electron chi connectivity index (χ1n) is 4.51. The average Bonchev–Trinajstić information content (AvgIpc) is 2.26. The number of methoxy groups -OCH3 is 1. The minimum Gasteiger partial charge on any atom is -0.497 e. The summed E-state index contributed by atoms with van der Waals surface area (Å²) in [5, 5.41) is 3.74. The maximum absolute atomic E-state index is 8.46. The third-order valence-electron chi connectivity index (χ3n) is 2.07. The van der Waals surface area contributed by atoms with Gasteiger partial charge in [-0.15, -0.1) is 0 Å². The molecule has 0 bridgehead atoms. The first kappa shape index (κ1) is 11.9. The van der Waals surface area contributed by atoms with Crippen LogP contribution in [0.5, 0.6) is 5.75 Å². The summed E-state index contributed by atoms with van der Waals surface area (Å²) in [6, 6.07) is 7.31. The molecule has 0 unspecified atom stereocenters. The van der Waals surface area contributed by atoms with Gasteiger partial charge in [0.15, 0.2) is 0 Å². The quantitative estimate of drug-likeness (QED) is 0.355. The zero-order valence-corrected chi connectivity index (χ0v) is 10.2. The molecule has 0 aliphatic heterocycles. The lowest BCUT2D eigenvalue weighted by Crippen LogP contribution is -2.05. The number of rotatable bonds is 4. The summed E-state index contributed by atoms with van der Waals surface area (Å²) in [5.74, 6) is 0.792. The van der Waals surface area contributed by atoms with Gasteiger partial charge in [0.2, 0.25) is 0 Å². The Hall–Kier alpha value is -1.19. The Morgan fingerprint density at radius 2 is 2.00 bits per heavy atom. The molecule has 0 saturated carbocycles. The number of azide groups is 1. The van der Waals surface area contributed by atoms with E-state index in [4.69, 9.17) is 10.3 Å². The second-order valence-electron chi connectivity index (χ2n) is 3.10. The smallest absolute Gasteiger partial charge is 0.118 e. The highest BCUT2D eigenvalue weighted by atomic mass is 79.9. The molecule has 80 valence electrons. The molecule has 1 rings (SSSR count). The van der Waals surface area contributed by atoms with Gasteiger partial charge in [0.05, 0.1) is 13.2 Å². The van der Waals surface area contributed by atoms with E-state index in [0.29, 0.717) is 0 Å². The molecule has 4 nitrogen and oxygen atoms in total. The van der Waals surface area contributed by atoms with Crippen molar-refractivity contribution >= 4 is 15.9 Å². The summed E-state index contributed by atoms with van der Waals surface area (Å²) in [6.07, 6.45) is 0. The Kier molecular flexibility index (Phi) is 4.46. The lowest BCUT2D eigenvalue weighted by molar-refractivity contribution is 0.414. The Bertz CT molecular complexity index is 357. The number of hydrogen-bond donors (Lipinski definition) is 0. The van der Waals surface area contributed by atoms with Crippen LogP contribution in [-0.2, 0) is 0 Å². The van der Waals surface area contributed by atoms with E-state index >= 15 is 0 Å². The maximum Gasteiger partial charge on any atom is 0.118 e. The normalized spacial score (nSPS) is 13.8. The molecule has 1 aromatic rings. The second kappa shape index (κ2) is 5.63. The van der Waals surface area contributed by atoms with E-state index in [1.165, 1.54) is 0 Å². The SMILES string of the molecule is COc1ccc([C@@H](N=[N+]=[N-])[C@H](C)Br)cc1. The second-order valence-corrected chi connectivity index (χ2v) is 4.54. The van der Waals surface area contributed by atoms with Crippen molar-refractivity contribution in [2.75, 3.05) is 7.11 Å². The van der Waals surface area contributed by atoms with Gasteiger partial charge >= 0.3 is 0 Å². The molecule has 5 heteroatoms. The highest BCUT2D eigenvalue weighted by molar-refractivity contribution is 9.09. The summed E-state index contributed by atoms with van der Waals surface area (Å²) in [7, 11) is 1.62. The van der Waals surface area contributed by atoms with Crippen LogP contribution in [0.25, 0.3) is 10.4 Å². The van der Waals surface area contributed by atoms with Gasteiger partial charge in [0.1, 0.15) is 5.75 Å². The summed E-state index contributed by atoms with van der Waals surface area (Å²) in [4.78, 5) is 2.94. The molecule has 0 amide bonds. The highest BCUT2D eigenvalue weighted by Crippen LogP contribution is 2.27. The van der Waals surface area contributed by atoms with Crippen molar-refractivity contribution < 1.29 is 4.74 Å². The van der Waals surface area contributed by atoms with Crippen molar-refractivity contribution in [3.63, 3.8) is 0 Å². The Morgan fingerprint density at radius 1 is 1.40 bits per heavy atom. The lowest BCUT2D eigenvalue weighted by Gasteiger charge is -2.14. The summed E-state index contributed by atoms with van der Waals surface area (Å²) < 4.78 is 5.05. The number of ether oxygens (including phenoxy) is 1. The van der Waals surface area contributed by atoms with Crippen molar-refractivity contribution in [2.45, 2.75) is 17.8 Å². The monoisotopic (exact) mass is 269 g/mol. The molecule has 2 atom stereocenters. The first-order valence-corrected chi connectivity index (χ1v) is 5.43. The molecule has 0 heterocycles. The van der Waals surface area contributed by atoms with Gasteiger partial charge in [-0.2, -0.15) is 0 Å². The summed E-state index contributed by atoms with van der Waals surface area (Å²) >= 11 is 3.42. The van der Waals surface area contributed by atoms with Crippen LogP contribution >= 0.6 is 15.9 Å². The first-order chi connectivity index (χ1) is 7.19. The third-order valence-corrected chi connectivity index (χ3v) is 2.57. The fourth-order valence-corrected chi connectivity index (χ4v) is 1.69. The molecule has 0 saturated heterocycles. The van der Waals surface area contributed by atoms with Crippen molar-refractivity contribution in [1.82, 2.24) is 0 Å². The summed E-state index contributed by atoms with van der Waals surface area (Å²) in [5.41, 5.74) is 9.43. The molecule has 0 aromatic heterocycles. The van der Waals surface area contributed by atoms with Gasteiger partial charge in [-0.05, 0) is 23.2 Å². The standard InChI is InChI=1S/C10H12BrN3O/c1-7(11)10(13-14-12)8-3-5-9(15-2)6-4-8/h3-7,10H,1-2H3/t7-,10-/m0/s1. The minimum atomic E-state index is -0.194. The largest absolute Gasteiger partial charge is 0.497 e. The van der Waals surface area contributed by atoms with Gasteiger partial charge in [-0.3, -0.25) is 0 Å². The van der Waals surface area contributed by atoms with E-state index in [2.05, 4.69) is 26.0 Å². The van der Waals surface area contributed by atoms with Crippen molar-refractivity contribution in [2.24, 2.45) is 5.11 Å². The van der Waals surface area contributed by atoms with Gasteiger partial charge in [-0.1, -0.05) is 40.1 Å². The van der Waals surface area contributed by atoms with Crippen LogP contribution in [0.2, 0.25) is 0 Å². The fourth-order valence-electron chi connectivity index (χ4n) is 1.28. The molecule has 0 N–H and O–H groups in total. The number of hydrogen-bond acceptors (Lipinski definition) is 2. The third kappa shape index (κ3) is 3.15. The van der Waals surface area contributed by atoms with Gasteiger partial charge in [-0.25, -0.2) is 0 Å². The zero-order valence-electron chi connectivity index (χ0n) is 8.59. The van der Waals surface area contributed by atoms with E-state index in [-0.39, 0.29) is 10.9 Å². The van der Waals surface area contributed by atoms with Crippen LogP contribution in [0.3, 0.4) is 0 Å². The van der Waals surface area contributed by atoms with Crippen molar-refractivity contribution in [3.8, 4) is 5.75 Å².